The molecule has 208 valence electrons. The highest BCUT2D eigenvalue weighted by atomic mass is 16.7. The lowest BCUT2D eigenvalue weighted by Crippen LogP contribution is -2.49. The van der Waals surface area contributed by atoms with Crippen molar-refractivity contribution in [1.82, 2.24) is 30.1 Å². The molecule has 0 spiro atoms. The summed E-state index contributed by atoms with van der Waals surface area (Å²) in [6, 6.07) is 11.7. The van der Waals surface area contributed by atoms with E-state index >= 15 is 0 Å². The van der Waals surface area contributed by atoms with Crippen LogP contribution in [-0.4, -0.2) is 75.8 Å². The number of hydrogen-bond acceptors (Lipinski definition) is 9. The van der Waals surface area contributed by atoms with Crippen LogP contribution in [0.1, 0.15) is 41.4 Å². The molecule has 3 aliphatic rings. The summed E-state index contributed by atoms with van der Waals surface area (Å²) in [4.78, 5) is 21.5. The lowest BCUT2D eigenvalue weighted by atomic mass is 10.0. The van der Waals surface area contributed by atoms with Crippen molar-refractivity contribution in [2.45, 2.75) is 45.4 Å². The number of nitrogens with zero attached hydrogens (tertiary/aromatic N) is 6. The summed E-state index contributed by atoms with van der Waals surface area (Å²) in [6.45, 7) is 8.99. The summed E-state index contributed by atoms with van der Waals surface area (Å²) in [5.74, 6) is 1.96. The van der Waals surface area contributed by atoms with Gasteiger partial charge in [-0.1, -0.05) is 12.1 Å². The second-order valence-electron chi connectivity index (χ2n) is 10.8. The van der Waals surface area contributed by atoms with E-state index in [1.165, 1.54) is 16.8 Å². The molecule has 5 heterocycles. The number of aromatic amines is 1. The second kappa shape index (κ2) is 10.2. The minimum absolute atomic E-state index is 0.0682. The molecule has 11 nitrogen and oxygen atoms in total. The Balaban J connectivity index is 1.26. The normalized spacial score (nSPS) is 19.9. The average molecular weight is 544 g/mol. The Bertz CT molecular complexity index is 1600. The zero-order valence-corrected chi connectivity index (χ0v) is 22.8. The second-order valence-corrected chi connectivity index (χ2v) is 10.8. The standard InChI is InChI=1S/C29H33N7O4/c1-18-5-3-7-24(19(18)2)34-8-10-35(11-9-34)27(28-31-32-33-36(28)16-21-6-4-12-38-21)22-13-20-14-25-26(40-17-39-25)15-23(20)30-29(22)37/h3,5,7,13-15,21,27H,4,6,8-12,16-17H2,1-2H3,(H,30,37)/t21-,27-/m1/s1. The van der Waals surface area contributed by atoms with Crippen LogP contribution in [0, 0.1) is 13.8 Å². The fourth-order valence-electron chi connectivity index (χ4n) is 6.13. The summed E-state index contributed by atoms with van der Waals surface area (Å²) in [5.41, 5.74) is 5.00. The summed E-state index contributed by atoms with van der Waals surface area (Å²) in [7, 11) is 0. The molecule has 7 rings (SSSR count). The molecule has 0 saturated carbocycles. The highest BCUT2D eigenvalue weighted by Crippen LogP contribution is 2.37. The first-order chi connectivity index (χ1) is 19.5. The molecule has 2 aromatic carbocycles. The van der Waals surface area contributed by atoms with Gasteiger partial charge in [-0.15, -0.1) is 5.10 Å². The van der Waals surface area contributed by atoms with E-state index in [1.807, 2.05) is 22.9 Å². The Morgan fingerprint density at radius 3 is 2.70 bits per heavy atom. The summed E-state index contributed by atoms with van der Waals surface area (Å²) < 4.78 is 18.8. The monoisotopic (exact) mass is 543 g/mol. The number of H-pyrrole nitrogens is 1. The first-order valence-electron chi connectivity index (χ1n) is 13.9. The van der Waals surface area contributed by atoms with Gasteiger partial charge in [-0.3, -0.25) is 9.69 Å². The minimum Gasteiger partial charge on any atom is -0.454 e. The minimum atomic E-state index is -0.421. The maximum Gasteiger partial charge on any atom is 0.253 e. The molecule has 0 bridgehead atoms. The molecule has 0 aliphatic carbocycles. The topological polar surface area (TPSA) is 111 Å². The molecule has 4 aromatic rings. The molecule has 2 atom stereocenters. The number of nitrogens with one attached hydrogen (secondary N) is 1. The molecule has 2 fully saturated rings. The van der Waals surface area contributed by atoms with Gasteiger partial charge >= 0.3 is 0 Å². The van der Waals surface area contributed by atoms with Crippen molar-refractivity contribution < 1.29 is 14.2 Å². The fourth-order valence-corrected chi connectivity index (χ4v) is 6.13. The molecule has 0 radical (unpaired) electrons. The number of aryl methyl sites for hydroxylation is 1. The summed E-state index contributed by atoms with van der Waals surface area (Å²) in [5, 5.41) is 13.7. The predicted octanol–water partition coefficient (Wildman–Crippen LogP) is 2.95. The van der Waals surface area contributed by atoms with Crippen LogP contribution in [0.4, 0.5) is 5.69 Å². The van der Waals surface area contributed by atoms with Crippen LogP contribution in [0.15, 0.2) is 41.2 Å². The van der Waals surface area contributed by atoms with E-state index in [0.717, 1.165) is 51.0 Å². The van der Waals surface area contributed by atoms with Crippen molar-refractivity contribution in [3.05, 3.63) is 69.3 Å². The number of tetrazole rings is 1. The van der Waals surface area contributed by atoms with Crippen LogP contribution in [0.5, 0.6) is 11.5 Å². The smallest absolute Gasteiger partial charge is 0.253 e. The van der Waals surface area contributed by atoms with Gasteiger partial charge < -0.3 is 24.1 Å². The van der Waals surface area contributed by atoms with E-state index in [-0.39, 0.29) is 18.5 Å². The maximum atomic E-state index is 13.7. The number of fused-ring (bicyclic) bond motifs is 2. The molecule has 11 heteroatoms. The molecule has 3 aliphatic heterocycles. The molecule has 1 N–H and O–H groups in total. The zero-order chi connectivity index (χ0) is 27.2. The lowest BCUT2D eigenvalue weighted by molar-refractivity contribution is 0.0906. The highest BCUT2D eigenvalue weighted by molar-refractivity contribution is 5.83. The van der Waals surface area contributed by atoms with Gasteiger partial charge in [-0.05, 0) is 66.4 Å². The van der Waals surface area contributed by atoms with Gasteiger partial charge in [0.25, 0.3) is 5.56 Å². The molecule has 40 heavy (non-hydrogen) atoms. The van der Waals surface area contributed by atoms with E-state index in [4.69, 9.17) is 14.2 Å². The number of rotatable bonds is 6. The lowest BCUT2D eigenvalue weighted by Gasteiger charge is -2.40. The number of hydrogen-bond donors (Lipinski definition) is 1. The van der Waals surface area contributed by atoms with Crippen LogP contribution >= 0.6 is 0 Å². The Kier molecular flexibility index (Phi) is 6.39. The van der Waals surface area contributed by atoms with Crippen molar-refractivity contribution in [3.8, 4) is 11.5 Å². The van der Waals surface area contributed by atoms with Gasteiger partial charge in [0.15, 0.2) is 17.3 Å². The van der Waals surface area contributed by atoms with Crippen LogP contribution in [-0.2, 0) is 11.3 Å². The number of ether oxygens (including phenoxy) is 3. The van der Waals surface area contributed by atoms with Gasteiger partial charge in [0, 0.05) is 55.5 Å². The quantitative estimate of drug-likeness (QED) is 0.392. The third kappa shape index (κ3) is 4.48. The van der Waals surface area contributed by atoms with Gasteiger partial charge in [-0.2, -0.15) is 0 Å². The first-order valence-corrected chi connectivity index (χ1v) is 13.9. The molecular weight excluding hydrogens is 510 g/mol. The third-order valence-electron chi connectivity index (χ3n) is 8.46. The molecule has 2 saturated heterocycles. The van der Waals surface area contributed by atoms with Crippen LogP contribution in [0.2, 0.25) is 0 Å². The molecule has 2 aromatic heterocycles. The van der Waals surface area contributed by atoms with Crippen molar-refractivity contribution in [2.24, 2.45) is 0 Å². The number of anilines is 1. The van der Waals surface area contributed by atoms with Gasteiger partial charge in [-0.25, -0.2) is 4.68 Å². The van der Waals surface area contributed by atoms with Crippen molar-refractivity contribution >= 4 is 16.6 Å². The maximum absolute atomic E-state index is 13.7. The number of pyridine rings is 1. The SMILES string of the molecule is Cc1cccc(N2CCN([C@H](c3cc4cc5c(cc4[nH]c3=O)OCO5)c3nnnn3C[C@H]3CCCO3)CC2)c1C. The van der Waals surface area contributed by atoms with Crippen LogP contribution in [0.25, 0.3) is 10.9 Å². The predicted molar refractivity (Wildman–Crippen MR) is 149 cm³/mol. The van der Waals surface area contributed by atoms with E-state index in [0.29, 0.717) is 34.9 Å². The van der Waals surface area contributed by atoms with E-state index in [1.54, 1.807) is 0 Å². The Hall–Kier alpha value is -3.96. The van der Waals surface area contributed by atoms with E-state index in [9.17, 15) is 4.79 Å². The van der Waals surface area contributed by atoms with Crippen LogP contribution in [0.3, 0.4) is 0 Å². The van der Waals surface area contributed by atoms with Crippen LogP contribution < -0.4 is 19.9 Å². The Morgan fingerprint density at radius 2 is 1.90 bits per heavy atom. The molecule has 0 unspecified atom stereocenters. The van der Waals surface area contributed by atoms with Crippen molar-refractivity contribution in [3.63, 3.8) is 0 Å². The third-order valence-corrected chi connectivity index (χ3v) is 8.46. The Morgan fingerprint density at radius 1 is 1.07 bits per heavy atom. The zero-order valence-electron chi connectivity index (χ0n) is 22.8. The average Bonchev–Trinajstić information content (AvgIpc) is 3.74. The van der Waals surface area contributed by atoms with Crippen molar-refractivity contribution in [1.29, 1.82) is 0 Å². The fraction of sp³-hybridized carbons (Fsp3) is 0.448. The van der Waals surface area contributed by atoms with Gasteiger partial charge in [0.1, 0.15) is 6.04 Å². The molecule has 0 amide bonds. The summed E-state index contributed by atoms with van der Waals surface area (Å²) in [6.07, 6.45) is 2.08. The molecular formula is C29H33N7O4. The van der Waals surface area contributed by atoms with E-state index < -0.39 is 6.04 Å². The number of aromatic nitrogens is 5. The summed E-state index contributed by atoms with van der Waals surface area (Å²) >= 11 is 0. The van der Waals surface area contributed by atoms with Gasteiger partial charge in [0.05, 0.1) is 18.2 Å². The Labute approximate surface area is 231 Å². The van der Waals surface area contributed by atoms with E-state index in [2.05, 4.69) is 62.4 Å². The number of piperazine rings is 1. The van der Waals surface area contributed by atoms with Crippen molar-refractivity contribution in [2.75, 3.05) is 44.5 Å². The number of benzene rings is 2. The highest BCUT2D eigenvalue weighted by Gasteiger charge is 2.34. The first kappa shape index (κ1) is 25.0. The largest absolute Gasteiger partial charge is 0.454 e. The van der Waals surface area contributed by atoms with Gasteiger partial charge in [0.2, 0.25) is 6.79 Å².